The van der Waals surface area contributed by atoms with Gasteiger partial charge >= 0.3 is 0 Å². The second kappa shape index (κ2) is 14.5. The molecule has 0 aliphatic rings. The molecule has 12 rings (SSSR count). The van der Waals surface area contributed by atoms with Gasteiger partial charge in [-0.05, 0) is 114 Å². The Hall–Kier alpha value is -7.56. The highest BCUT2D eigenvalue weighted by Gasteiger charge is 2.32. The van der Waals surface area contributed by atoms with Crippen LogP contribution in [0.4, 0.5) is 0 Å². The van der Waals surface area contributed by atoms with Crippen molar-refractivity contribution in [3.8, 4) is 17.1 Å². The third-order valence-corrected chi connectivity index (χ3v) is 14.1. The molecule has 0 N–H and O–H groups in total. The van der Waals surface area contributed by atoms with Crippen LogP contribution in [0.1, 0.15) is 33.4 Å². The third-order valence-electron chi connectivity index (χ3n) is 14.1. The van der Waals surface area contributed by atoms with Gasteiger partial charge in [-0.15, -0.1) is 0 Å². The van der Waals surface area contributed by atoms with Crippen LogP contribution in [-0.4, -0.2) is 20.4 Å². The van der Waals surface area contributed by atoms with Crippen LogP contribution in [-0.2, 0) is 0 Å². The molecule has 0 fully saturated rings. The van der Waals surface area contributed by atoms with Crippen LogP contribution in [0.15, 0.2) is 182 Å². The largest absolute Gasteiger partial charge is 0.309 e. The Morgan fingerprint density at radius 3 is 0.609 bits per heavy atom. The Kier molecular flexibility index (Phi) is 8.65. The fourth-order valence-corrected chi connectivity index (χ4v) is 11.6. The number of para-hydroxylation sites is 6. The monoisotopic (exact) mass is 821 g/mol. The Labute approximate surface area is 374 Å². The number of hydrogen-bond acceptors (Lipinski definition) is 0. The Morgan fingerprint density at radius 1 is 0.250 bits per heavy atom. The van der Waals surface area contributed by atoms with Gasteiger partial charge in [0.25, 0.3) is 0 Å². The smallest absolute Gasteiger partial charge is 0.243 e. The number of aryl methyl sites for hydroxylation is 6. The Balaban J connectivity index is 1.10. The summed E-state index contributed by atoms with van der Waals surface area (Å²) in [6.45, 7) is 14.0. The summed E-state index contributed by atoms with van der Waals surface area (Å²) in [6, 6.07) is 67.5. The van der Waals surface area contributed by atoms with E-state index in [0.29, 0.717) is 0 Å². The predicted octanol–water partition coefficient (Wildman–Crippen LogP) is 13.3. The number of rotatable bonds is 6. The van der Waals surface area contributed by atoms with Crippen LogP contribution in [0.2, 0.25) is 0 Å². The van der Waals surface area contributed by atoms with E-state index >= 15 is 0 Å². The third kappa shape index (κ3) is 5.61. The van der Waals surface area contributed by atoms with Crippen molar-refractivity contribution in [2.45, 2.75) is 41.5 Å². The molecule has 9 aromatic carbocycles. The zero-order valence-corrected chi connectivity index (χ0v) is 37.2. The quantitative estimate of drug-likeness (QED) is 0.148. The van der Waals surface area contributed by atoms with Crippen LogP contribution in [0.3, 0.4) is 0 Å². The molecule has 0 saturated heterocycles. The molecule has 0 radical (unpaired) electrons. The zero-order valence-electron chi connectivity index (χ0n) is 37.2. The van der Waals surface area contributed by atoms with Crippen molar-refractivity contribution in [3.63, 3.8) is 0 Å². The first kappa shape index (κ1) is 38.1. The molecule has 3 nitrogen and oxygen atoms in total. The fraction of sp³-hybridized carbons (Fsp3) is 0.100. The van der Waals surface area contributed by atoms with Gasteiger partial charge in [-0.2, -0.15) is 0 Å². The Bertz CT molecular complexity index is 3240. The Morgan fingerprint density at radius 2 is 0.422 bits per heavy atom. The highest BCUT2D eigenvalue weighted by atomic mass is 15.0. The summed E-state index contributed by atoms with van der Waals surface area (Å²) >= 11 is 0. The van der Waals surface area contributed by atoms with Gasteiger partial charge in [0.2, 0.25) is 6.71 Å². The van der Waals surface area contributed by atoms with Gasteiger partial charge in [0.05, 0.1) is 33.1 Å². The van der Waals surface area contributed by atoms with E-state index in [1.807, 2.05) is 0 Å². The molecule has 3 heterocycles. The lowest BCUT2D eigenvalue weighted by Crippen LogP contribution is -2.57. The van der Waals surface area contributed by atoms with Crippen LogP contribution in [0.25, 0.3) is 82.5 Å². The summed E-state index contributed by atoms with van der Waals surface area (Å²) in [5.41, 5.74) is 22.8. The molecular formula is C60H48BN3. The van der Waals surface area contributed by atoms with E-state index in [9.17, 15) is 0 Å². The number of hydrogen-bond donors (Lipinski definition) is 0. The number of fused-ring (bicyclic) bond motifs is 9. The molecule has 0 aliphatic carbocycles. The summed E-state index contributed by atoms with van der Waals surface area (Å²) in [5.74, 6) is 0. The van der Waals surface area contributed by atoms with Crippen molar-refractivity contribution in [2.24, 2.45) is 0 Å². The van der Waals surface area contributed by atoms with Crippen molar-refractivity contribution in [2.75, 3.05) is 0 Å². The van der Waals surface area contributed by atoms with Crippen LogP contribution >= 0.6 is 0 Å². The van der Waals surface area contributed by atoms with Gasteiger partial charge in [-0.25, -0.2) is 0 Å². The van der Waals surface area contributed by atoms with E-state index in [1.54, 1.807) is 0 Å². The molecule has 0 bridgehead atoms. The standard InChI is InChI=1S/C60H48BN3/c1-37-31-43(62-52-25-13-7-19-46(52)47-20-8-14-26-53(47)62)32-38(2)58(37)61(59-39(3)33-44(34-40(59)4)63-54-27-15-9-21-48(54)49-22-10-16-28-55(49)63)60-41(5)35-45(36-42(60)6)64-56-29-17-11-23-50(56)51-24-12-18-30-57(51)64/h7-36H,1-6H3. The minimum Gasteiger partial charge on any atom is -0.309 e. The van der Waals surface area contributed by atoms with E-state index in [0.717, 1.165) is 0 Å². The van der Waals surface area contributed by atoms with Gasteiger partial charge in [-0.1, -0.05) is 159 Å². The van der Waals surface area contributed by atoms with Gasteiger partial charge in [0.1, 0.15) is 0 Å². The lowest BCUT2D eigenvalue weighted by atomic mass is 9.33. The van der Waals surface area contributed by atoms with Gasteiger partial charge in [0, 0.05) is 49.4 Å². The summed E-state index contributed by atoms with van der Waals surface area (Å²) in [5, 5.41) is 7.66. The average Bonchev–Trinajstić information content (AvgIpc) is 3.94. The highest BCUT2D eigenvalue weighted by Crippen LogP contribution is 2.36. The van der Waals surface area contributed by atoms with E-state index in [1.165, 1.54) is 132 Å². The zero-order chi connectivity index (χ0) is 43.4. The van der Waals surface area contributed by atoms with E-state index in [-0.39, 0.29) is 6.71 Å². The van der Waals surface area contributed by atoms with Crippen LogP contribution in [0.5, 0.6) is 0 Å². The molecular weight excluding hydrogens is 773 g/mol. The first-order valence-electron chi connectivity index (χ1n) is 22.6. The molecule has 0 saturated carbocycles. The summed E-state index contributed by atoms with van der Waals surface area (Å²) in [7, 11) is 0. The first-order chi connectivity index (χ1) is 31.3. The SMILES string of the molecule is Cc1cc(-n2c3ccccc3c3ccccc32)cc(C)c1B(c1c(C)cc(-n2c3ccccc3c3ccccc32)cc1C)c1c(C)cc(-n2c3ccccc3c3ccccc32)cc1C. The second-order valence-corrected chi connectivity index (χ2v) is 18.0. The molecule has 306 valence electrons. The molecule has 0 aliphatic heterocycles. The minimum atomic E-state index is -0.00778. The molecule has 64 heavy (non-hydrogen) atoms. The average molecular weight is 822 g/mol. The molecule has 0 amide bonds. The summed E-state index contributed by atoms with van der Waals surface area (Å²) < 4.78 is 7.37. The molecule has 12 aromatic rings. The number of aromatic nitrogens is 3. The maximum atomic E-state index is 2.46. The van der Waals surface area contributed by atoms with E-state index in [2.05, 4.69) is 237 Å². The van der Waals surface area contributed by atoms with E-state index in [4.69, 9.17) is 0 Å². The number of benzene rings is 9. The fourth-order valence-electron chi connectivity index (χ4n) is 11.6. The van der Waals surface area contributed by atoms with E-state index < -0.39 is 0 Å². The molecule has 3 aromatic heterocycles. The van der Waals surface area contributed by atoms with Crippen molar-refractivity contribution in [1.29, 1.82) is 0 Å². The normalized spacial score (nSPS) is 11.9. The van der Waals surface area contributed by atoms with Gasteiger partial charge in [0.15, 0.2) is 0 Å². The molecule has 0 atom stereocenters. The first-order valence-corrected chi connectivity index (χ1v) is 22.6. The van der Waals surface area contributed by atoms with Gasteiger partial charge in [-0.3, -0.25) is 0 Å². The van der Waals surface area contributed by atoms with Crippen molar-refractivity contribution in [1.82, 2.24) is 13.7 Å². The topological polar surface area (TPSA) is 14.8 Å². The molecule has 0 spiro atoms. The lowest BCUT2D eigenvalue weighted by Gasteiger charge is -2.28. The molecule has 4 heteroatoms. The number of nitrogens with zero attached hydrogens (tertiary/aromatic N) is 3. The van der Waals surface area contributed by atoms with Crippen molar-refractivity contribution < 1.29 is 0 Å². The second-order valence-electron chi connectivity index (χ2n) is 18.0. The predicted molar refractivity (Wildman–Crippen MR) is 275 cm³/mol. The van der Waals surface area contributed by atoms with Crippen LogP contribution in [0, 0.1) is 41.5 Å². The maximum absolute atomic E-state index is 2.46. The highest BCUT2D eigenvalue weighted by molar-refractivity contribution is 6.97. The van der Waals surface area contributed by atoms with Gasteiger partial charge < -0.3 is 13.7 Å². The minimum absolute atomic E-state index is 0.00778. The summed E-state index contributed by atoms with van der Waals surface area (Å²) in [4.78, 5) is 0. The van der Waals surface area contributed by atoms with Crippen LogP contribution < -0.4 is 16.4 Å². The van der Waals surface area contributed by atoms with Crippen molar-refractivity contribution in [3.05, 3.63) is 215 Å². The molecule has 0 unspecified atom stereocenters. The van der Waals surface area contributed by atoms with Crippen molar-refractivity contribution >= 4 is 88.5 Å². The maximum Gasteiger partial charge on any atom is 0.243 e. The summed E-state index contributed by atoms with van der Waals surface area (Å²) in [6.07, 6.45) is 0. The lowest BCUT2D eigenvalue weighted by molar-refractivity contribution is 1.16.